The Morgan fingerprint density at radius 2 is 1.60 bits per heavy atom. The van der Waals surface area contributed by atoms with E-state index in [2.05, 4.69) is 72.9 Å². The van der Waals surface area contributed by atoms with Crippen LogP contribution in [0, 0.1) is 20.8 Å². The first kappa shape index (κ1) is 27.8. The molecule has 1 atom stereocenters. The van der Waals surface area contributed by atoms with Gasteiger partial charge in [-0.1, -0.05) is 29.4 Å². The van der Waals surface area contributed by atoms with E-state index in [1.165, 1.54) is 39.0 Å². The van der Waals surface area contributed by atoms with Crippen LogP contribution in [0.3, 0.4) is 0 Å². The SMILES string of the molecule is C/C(=C\CC/C(C)=C/CC[C@]1(C)CCc2c(C)c(O[Si](C)C)c(C)c(C)c2O1)CCC=C1COC1. The fraction of sp³-hybridized carbons (Fsp3) is 0.613. The van der Waals surface area contributed by atoms with Gasteiger partial charge in [0.15, 0.2) is 0 Å². The number of benzene rings is 1. The third-order valence-electron chi connectivity index (χ3n) is 7.61. The van der Waals surface area contributed by atoms with Gasteiger partial charge >= 0.3 is 0 Å². The molecular formula is C31H47O3Si. The lowest BCUT2D eigenvalue weighted by atomic mass is 9.85. The van der Waals surface area contributed by atoms with Crippen LogP contribution < -0.4 is 9.16 Å². The zero-order valence-electron chi connectivity index (χ0n) is 23.5. The van der Waals surface area contributed by atoms with Crippen LogP contribution in [0.1, 0.15) is 88.0 Å². The summed E-state index contributed by atoms with van der Waals surface area (Å²) in [6.45, 7) is 19.5. The van der Waals surface area contributed by atoms with Crippen molar-refractivity contribution in [3.63, 3.8) is 0 Å². The summed E-state index contributed by atoms with van der Waals surface area (Å²) in [4.78, 5) is 0. The molecule has 0 aliphatic carbocycles. The van der Waals surface area contributed by atoms with Gasteiger partial charge in [0, 0.05) is 5.56 Å². The third kappa shape index (κ3) is 7.60. The van der Waals surface area contributed by atoms with Crippen molar-refractivity contribution in [1.82, 2.24) is 0 Å². The number of ether oxygens (including phenoxy) is 2. The van der Waals surface area contributed by atoms with E-state index < -0.39 is 9.04 Å². The lowest BCUT2D eigenvalue weighted by Crippen LogP contribution is -2.37. The van der Waals surface area contributed by atoms with E-state index in [1.807, 2.05) is 0 Å². The minimum Gasteiger partial charge on any atom is -0.542 e. The van der Waals surface area contributed by atoms with Crippen molar-refractivity contribution in [1.29, 1.82) is 0 Å². The van der Waals surface area contributed by atoms with E-state index in [1.54, 1.807) is 0 Å². The fourth-order valence-electron chi connectivity index (χ4n) is 5.03. The van der Waals surface area contributed by atoms with Crippen molar-refractivity contribution in [3.8, 4) is 11.5 Å². The van der Waals surface area contributed by atoms with Gasteiger partial charge in [0.05, 0.1) is 13.2 Å². The number of hydrogen-bond acceptors (Lipinski definition) is 3. The van der Waals surface area contributed by atoms with Crippen LogP contribution in [0.25, 0.3) is 0 Å². The molecule has 1 aromatic carbocycles. The monoisotopic (exact) mass is 495 g/mol. The molecule has 193 valence electrons. The maximum atomic E-state index is 6.73. The summed E-state index contributed by atoms with van der Waals surface area (Å²) in [6.07, 6.45) is 16.1. The maximum absolute atomic E-state index is 6.73. The topological polar surface area (TPSA) is 27.7 Å². The van der Waals surface area contributed by atoms with Crippen molar-refractivity contribution in [2.45, 2.75) is 112 Å². The average Bonchev–Trinajstić information content (AvgIpc) is 2.76. The Morgan fingerprint density at radius 3 is 2.23 bits per heavy atom. The molecule has 0 N–H and O–H groups in total. The molecular weight excluding hydrogens is 448 g/mol. The van der Waals surface area contributed by atoms with Crippen molar-refractivity contribution < 1.29 is 13.9 Å². The van der Waals surface area contributed by atoms with Crippen LogP contribution >= 0.6 is 0 Å². The highest BCUT2D eigenvalue weighted by Gasteiger charge is 2.34. The lowest BCUT2D eigenvalue weighted by molar-refractivity contribution is 0.0559. The van der Waals surface area contributed by atoms with Gasteiger partial charge in [-0.3, -0.25) is 0 Å². The van der Waals surface area contributed by atoms with Crippen LogP contribution in [0.5, 0.6) is 11.5 Å². The second-order valence-electron chi connectivity index (χ2n) is 11.1. The molecule has 1 fully saturated rings. The molecule has 0 amide bonds. The zero-order chi connectivity index (χ0) is 25.6. The molecule has 1 aromatic rings. The molecule has 0 spiro atoms. The van der Waals surface area contributed by atoms with Crippen LogP contribution in [-0.4, -0.2) is 27.9 Å². The number of allylic oxidation sites excluding steroid dienone is 5. The standard InChI is InChI=1S/C31H47O3Si/c1-22(14-10-16-27-20-32-21-27)12-9-13-23(2)15-11-18-31(6)19-17-28-26(5)29(34-35(7)8)24(3)25(4)30(28)33-31/h12,15-16H,9-11,13-14,17-21H2,1-8H3/b22-12+,23-15+/t31-/m1/s1. The largest absolute Gasteiger partial charge is 0.542 e. The summed E-state index contributed by atoms with van der Waals surface area (Å²) in [5.41, 5.74) is 9.48. The average molecular weight is 496 g/mol. The van der Waals surface area contributed by atoms with Crippen LogP contribution in [-0.2, 0) is 11.2 Å². The third-order valence-corrected chi connectivity index (χ3v) is 8.23. The molecule has 0 saturated carbocycles. The molecule has 2 heterocycles. The van der Waals surface area contributed by atoms with Crippen molar-refractivity contribution >= 4 is 9.04 Å². The molecule has 0 aromatic heterocycles. The Balaban J connectivity index is 1.51. The molecule has 2 aliphatic rings. The second kappa shape index (κ2) is 12.4. The minimum atomic E-state index is -0.791. The van der Waals surface area contributed by atoms with E-state index in [9.17, 15) is 0 Å². The fourth-order valence-corrected chi connectivity index (χ4v) is 5.75. The lowest BCUT2D eigenvalue weighted by Gasteiger charge is -2.38. The Labute approximate surface area is 216 Å². The Kier molecular flexibility index (Phi) is 9.89. The van der Waals surface area contributed by atoms with Crippen LogP contribution in [0.15, 0.2) is 34.9 Å². The first-order valence-corrected chi connectivity index (χ1v) is 15.9. The van der Waals surface area contributed by atoms with E-state index in [4.69, 9.17) is 13.9 Å². The van der Waals surface area contributed by atoms with Gasteiger partial charge in [-0.15, -0.1) is 0 Å². The molecule has 3 rings (SSSR count). The summed E-state index contributed by atoms with van der Waals surface area (Å²) in [6, 6.07) is 0. The van der Waals surface area contributed by atoms with Gasteiger partial charge in [0.1, 0.15) is 17.1 Å². The zero-order valence-corrected chi connectivity index (χ0v) is 24.5. The summed E-state index contributed by atoms with van der Waals surface area (Å²) >= 11 is 0. The van der Waals surface area contributed by atoms with Gasteiger partial charge in [-0.25, -0.2) is 0 Å². The first-order chi connectivity index (χ1) is 16.6. The number of rotatable bonds is 11. The Hall–Kier alpha value is -1.78. The van der Waals surface area contributed by atoms with Gasteiger partial charge < -0.3 is 13.9 Å². The quantitative estimate of drug-likeness (QED) is 0.227. The molecule has 0 unspecified atom stereocenters. The Morgan fingerprint density at radius 1 is 0.943 bits per heavy atom. The van der Waals surface area contributed by atoms with E-state index in [-0.39, 0.29) is 5.60 Å². The van der Waals surface area contributed by atoms with Gasteiger partial charge in [0.25, 0.3) is 9.04 Å². The highest BCUT2D eigenvalue weighted by Crippen LogP contribution is 2.45. The summed E-state index contributed by atoms with van der Waals surface area (Å²) in [7, 11) is -0.791. The predicted octanol–water partition coefficient (Wildman–Crippen LogP) is 8.52. The normalized spacial score (nSPS) is 20.4. The van der Waals surface area contributed by atoms with Crippen molar-refractivity contribution in [2.24, 2.45) is 0 Å². The van der Waals surface area contributed by atoms with E-state index in [0.717, 1.165) is 76.1 Å². The smallest absolute Gasteiger partial charge is 0.274 e. The number of fused-ring (bicyclic) bond motifs is 1. The predicted molar refractivity (Wildman–Crippen MR) is 150 cm³/mol. The highest BCUT2D eigenvalue weighted by atomic mass is 28.3. The van der Waals surface area contributed by atoms with Crippen molar-refractivity contribution in [3.05, 3.63) is 57.2 Å². The maximum Gasteiger partial charge on any atom is 0.274 e. The molecule has 3 nitrogen and oxygen atoms in total. The number of hydrogen-bond donors (Lipinski definition) is 0. The van der Waals surface area contributed by atoms with E-state index in [0.29, 0.717) is 0 Å². The molecule has 1 radical (unpaired) electrons. The molecule has 4 heteroatoms. The van der Waals surface area contributed by atoms with Crippen LogP contribution in [0.2, 0.25) is 13.1 Å². The van der Waals surface area contributed by atoms with Gasteiger partial charge in [-0.2, -0.15) is 0 Å². The molecule has 35 heavy (non-hydrogen) atoms. The molecule has 0 bridgehead atoms. The Bertz CT molecular complexity index is 980. The van der Waals surface area contributed by atoms with Gasteiger partial charge in [-0.05, 0) is 128 Å². The van der Waals surface area contributed by atoms with Crippen LogP contribution in [0.4, 0.5) is 0 Å². The summed E-state index contributed by atoms with van der Waals surface area (Å²) < 4.78 is 18.2. The van der Waals surface area contributed by atoms with Gasteiger partial charge in [0.2, 0.25) is 0 Å². The minimum absolute atomic E-state index is 0.100. The molecule has 2 aliphatic heterocycles. The van der Waals surface area contributed by atoms with Crippen molar-refractivity contribution in [2.75, 3.05) is 13.2 Å². The first-order valence-electron chi connectivity index (χ1n) is 13.5. The molecule has 1 saturated heterocycles. The highest BCUT2D eigenvalue weighted by molar-refractivity contribution is 6.49. The van der Waals surface area contributed by atoms with E-state index >= 15 is 0 Å². The summed E-state index contributed by atoms with van der Waals surface area (Å²) in [5.74, 6) is 2.21. The second-order valence-corrected chi connectivity index (χ2v) is 13.2. The summed E-state index contributed by atoms with van der Waals surface area (Å²) in [5, 5.41) is 0.